The van der Waals surface area contributed by atoms with Gasteiger partial charge in [-0.3, -0.25) is 9.59 Å². The highest BCUT2D eigenvalue weighted by Crippen LogP contribution is 2.23. The molecule has 0 spiro atoms. The molecular formula is C22H19ClN2O2. The Bertz CT molecular complexity index is 1000. The van der Waals surface area contributed by atoms with Crippen LogP contribution in [-0.2, 0) is 0 Å². The summed E-state index contributed by atoms with van der Waals surface area (Å²) >= 11 is 6.15. The van der Waals surface area contributed by atoms with Crippen LogP contribution >= 0.6 is 11.6 Å². The van der Waals surface area contributed by atoms with Gasteiger partial charge in [-0.15, -0.1) is 0 Å². The minimum atomic E-state index is -0.277. The van der Waals surface area contributed by atoms with Gasteiger partial charge < -0.3 is 10.6 Å². The Morgan fingerprint density at radius 3 is 2.22 bits per heavy atom. The number of hydrogen-bond acceptors (Lipinski definition) is 2. The van der Waals surface area contributed by atoms with Crippen molar-refractivity contribution < 1.29 is 9.59 Å². The van der Waals surface area contributed by atoms with E-state index in [9.17, 15) is 9.59 Å². The second-order valence-electron chi connectivity index (χ2n) is 6.29. The van der Waals surface area contributed by atoms with Gasteiger partial charge in [0.1, 0.15) is 0 Å². The molecule has 0 radical (unpaired) electrons. The Hall–Kier alpha value is -3.11. The zero-order chi connectivity index (χ0) is 19.4. The van der Waals surface area contributed by atoms with Gasteiger partial charge in [0.25, 0.3) is 11.8 Å². The van der Waals surface area contributed by atoms with Crippen molar-refractivity contribution in [3.05, 3.63) is 94.0 Å². The molecule has 2 N–H and O–H groups in total. The van der Waals surface area contributed by atoms with E-state index in [-0.39, 0.29) is 11.8 Å². The molecule has 0 fully saturated rings. The van der Waals surface area contributed by atoms with E-state index in [0.717, 1.165) is 11.1 Å². The summed E-state index contributed by atoms with van der Waals surface area (Å²) in [7, 11) is 0. The van der Waals surface area contributed by atoms with Gasteiger partial charge in [-0.2, -0.15) is 0 Å². The smallest absolute Gasteiger partial charge is 0.257 e. The molecule has 0 atom stereocenters. The lowest BCUT2D eigenvalue weighted by Gasteiger charge is -2.12. The largest absolute Gasteiger partial charge is 0.322 e. The summed E-state index contributed by atoms with van der Waals surface area (Å²) < 4.78 is 0. The number of anilines is 2. The first-order valence-electron chi connectivity index (χ1n) is 8.48. The summed E-state index contributed by atoms with van der Waals surface area (Å²) in [6, 6.07) is 19.6. The molecule has 0 bridgehead atoms. The molecule has 3 aromatic rings. The zero-order valence-electron chi connectivity index (χ0n) is 15.0. The highest BCUT2D eigenvalue weighted by atomic mass is 35.5. The van der Waals surface area contributed by atoms with Crippen molar-refractivity contribution in [2.45, 2.75) is 13.8 Å². The third kappa shape index (κ3) is 4.54. The Kier molecular flexibility index (Phi) is 5.57. The van der Waals surface area contributed by atoms with E-state index in [0.29, 0.717) is 27.5 Å². The van der Waals surface area contributed by atoms with Crippen molar-refractivity contribution >= 4 is 34.8 Å². The maximum atomic E-state index is 12.4. The van der Waals surface area contributed by atoms with Gasteiger partial charge in [0, 0.05) is 16.9 Å². The van der Waals surface area contributed by atoms with Crippen LogP contribution in [0.4, 0.5) is 11.4 Å². The molecule has 2 amide bonds. The second kappa shape index (κ2) is 8.06. The first kappa shape index (κ1) is 18.7. The molecular weight excluding hydrogens is 360 g/mol. The topological polar surface area (TPSA) is 58.2 Å². The normalized spacial score (nSPS) is 10.3. The number of hydrogen-bond donors (Lipinski definition) is 2. The van der Waals surface area contributed by atoms with Crippen molar-refractivity contribution in [3.63, 3.8) is 0 Å². The summed E-state index contributed by atoms with van der Waals surface area (Å²) in [5, 5.41) is 6.13. The molecule has 4 nitrogen and oxygen atoms in total. The van der Waals surface area contributed by atoms with Gasteiger partial charge in [-0.05, 0) is 67.4 Å². The van der Waals surface area contributed by atoms with Gasteiger partial charge in [-0.25, -0.2) is 0 Å². The Balaban J connectivity index is 1.73. The van der Waals surface area contributed by atoms with Crippen LogP contribution in [0.2, 0.25) is 5.02 Å². The molecule has 0 aliphatic carbocycles. The van der Waals surface area contributed by atoms with Gasteiger partial charge in [0.05, 0.1) is 10.6 Å². The van der Waals surface area contributed by atoms with Crippen LogP contribution in [0.25, 0.3) is 0 Å². The summed E-state index contributed by atoms with van der Waals surface area (Å²) in [4.78, 5) is 24.7. The minimum absolute atomic E-state index is 0.179. The number of rotatable bonds is 4. The van der Waals surface area contributed by atoms with E-state index in [2.05, 4.69) is 10.6 Å². The summed E-state index contributed by atoms with van der Waals surface area (Å²) in [6.07, 6.45) is 0. The molecule has 5 heteroatoms. The predicted molar refractivity (Wildman–Crippen MR) is 110 cm³/mol. The van der Waals surface area contributed by atoms with E-state index in [1.807, 2.05) is 38.1 Å². The van der Waals surface area contributed by atoms with Gasteiger partial charge in [0.2, 0.25) is 0 Å². The fourth-order valence-electron chi connectivity index (χ4n) is 2.67. The molecule has 0 aliphatic heterocycles. The molecule has 0 aliphatic rings. The summed E-state index contributed by atoms with van der Waals surface area (Å²) in [5.41, 5.74) is 4.16. The van der Waals surface area contributed by atoms with Crippen LogP contribution in [0.3, 0.4) is 0 Å². The number of benzene rings is 3. The lowest BCUT2D eigenvalue weighted by atomic mass is 10.1. The number of nitrogens with one attached hydrogen (secondary N) is 2. The summed E-state index contributed by atoms with van der Waals surface area (Å²) in [6.45, 7) is 3.79. The van der Waals surface area contributed by atoms with Gasteiger partial charge in [0.15, 0.2) is 0 Å². The summed E-state index contributed by atoms with van der Waals surface area (Å²) in [5.74, 6) is -0.456. The van der Waals surface area contributed by atoms with Gasteiger partial charge in [-0.1, -0.05) is 35.9 Å². The number of halogens is 1. The molecule has 3 aromatic carbocycles. The monoisotopic (exact) mass is 378 g/mol. The van der Waals surface area contributed by atoms with Crippen LogP contribution in [0.5, 0.6) is 0 Å². The van der Waals surface area contributed by atoms with Crippen LogP contribution in [0.1, 0.15) is 31.8 Å². The first-order valence-corrected chi connectivity index (χ1v) is 8.86. The quantitative estimate of drug-likeness (QED) is 0.633. The zero-order valence-corrected chi connectivity index (χ0v) is 15.8. The molecule has 0 saturated carbocycles. The lowest BCUT2D eigenvalue weighted by Crippen LogP contribution is -2.14. The lowest BCUT2D eigenvalue weighted by molar-refractivity contribution is 0.101. The molecule has 0 unspecified atom stereocenters. The molecule has 3 rings (SSSR count). The fourth-order valence-corrected chi connectivity index (χ4v) is 2.99. The third-order valence-electron chi connectivity index (χ3n) is 4.14. The van der Waals surface area contributed by atoms with Crippen LogP contribution in [0.15, 0.2) is 66.7 Å². The second-order valence-corrected chi connectivity index (χ2v) is 6.69. The van der Waals surface area contributed by atoms with Crippen LogP contribution in [-0.4, -0.2) is 11.8 Å². The fraction of sp³-hybridized carbons (Fsp3) is 0.0909. The first-order chi connectivity index (χ1) is 12.9. The molecule has 136 valence electrons. The minimum Gasteiger partial charge on any atom is -0.322 e. The van der Waals surface area contributed by atoms with E-state index < -0.39 is 0 Å². The van der Waals surface area contributed by atoms with E-state index in [1.54, 1.807) is 42.5 Å². The van der Waals surface area contributed by atoms with Crippen LogP contribution in [0, 0.1) is 13.8 Å². The average molecular weight is 379 g/mol. The highest BCUT2D eigenvalue weighted by molar-refractivity contribution is 6.34. The maximum Gasteiger partial charge on any atom is 0.257 e. The van der Waals surface area contributed by atoms with E-state index in [4.69, 9.17) is 11.6 Å². The predicted octanol–water partition coefficient (Wildman–Crippen LogP) is 5.46. The number of aryl methyl sites for hydroxylation is 2. The number of amides is 2. The van der Waals surface area contributed by atoms with Crippen molar-refractivity contribution in [2.24, 2.45) is 0 Å². The standard InChI is InChI=1S/C22H19ClN2O2/c1-14-8-10-18(19(23)12-14)22(27)24-17-9-11-20(15(2)13-17)25-21(26)16-6-4-3-5-7-16/h3-13H,1-2H3,(H,24,27)(H,25,26). The molecule has 0 saturated heterocycles. The Morgan fingerprint density at radius 2 is 1.56 bits per heavy atom. The maximum absolute atomic E-state index is 12.4. The molecule has 0 heterocycles. The number of carbonyl (C=O) groups excluding carboxylic acids is 2. The van der Waals surface area contributed by atoms with Crippen LogP contribution < -0.4 is 10.6 Å². The van der Waals surface area contributed by atoms with E-state index in [1.165, 1.54) is 0 Å². The molecule has 0 aromatic heterocycles. The Morgan fingerprint density at radius 1 is 0.815 bits per heavy atom. The highest BCUT2D eigenvalue weighted by Gasteiger charge is 2.12. The number of carbonyl (C=O) groups is 2. The van der Waals surface area contributed by atoms with Crippen molar-refractivity contribution in [1.82, 2.24) is 0 Å². The van der Waals surface area contributed by atoms with Crippen molar-refractivity contribution in [3.8, 4) is 0 Å². The SMILES string of the molecule is Cc1ccc(C(=O)Nc2ccc(NC(=O)c3ccccc3)c(C)c2)c(Cl)c1. The van der Waals surface area contributed by atoms with Gasteiger partial charge >= 0.3 is 0 Å². The molecule has 27 heavy (non-hydrogen) atoms. The average Bonchev–Trinajstić information content (AvgIpc) is 2.64. The Labute approximate surface area is 163 Å². The third-order valence-corrected chi connectivity index (χ3v) is 4.45. The van der Waals surface area contributed by atoms with Crippen molar-refractivity contribution in [2.75, 3.05) is 10.6 Å². The van der Waals surface area contributed by atoms with Crippen molar-refractivity contribution in [1.29, 1.82) is 0 Å². The van der Waals surface area contributed by atoms with E-state index >= 15 is 0 Å².